The predicted octanol–water partition coefficient (Wildman–Crippen LogP) is 1.45. The molecular formula is C13H12BrNO4. The number of halogens is 1. The van der Waals surface area contributed by atoms with E-state index in [9.17, 15) is 14.4 Å². The number of likely N-dealkylation sites (tertiary alicyclic amines) is 1. The van der Waals surface area contributed by atoms with Crippen molar-refractivity contribution in [3.8, 4) is 0 Å². The number of hydrogen-bond donors (Lipinski definition) is 1. The summed E-state index contributed by atoms with van der Waals surface area (Å²) in [6.07, 6.45) is 0.538. The highest BCUT2D eigenvalue weighted by atomic mass is 79.9. The Morgan fingerprint density at radius 1 is 1.32 bits per heavy atom. The second-order valence-corrected chi connectivity index (χ2v) is 5.36. The highest BCUT2D eigenvalue weighted by molar-refractivity contribution is 9.10. The summed E-state index contributed by atoms with van der Waals surface area (Å²) in [7, 11) is 0. The van der Waals surface area contributed by atoms with Crippen molar-refractivity contribution in [3.05, 3.63) is 34.3 Å². The zero-order chi connectivity index (χ0) is 14.0. The molecule has 0 spiro atoms. The van der Waals surface area contributed by atoms with Crippen molar-refractivity contribution in [2.24, 2.45) is 5.92 Å². The van der Waals surface area contributed by atoms with Gasteiger partial charge < -0.3 is 5.11 Å². The van der Waals surface area contributed by atoms with Gasteiger partial charge in [0.15, 0.2) is 0 Å². The fourth-order valence-corrected chi connectivity index (χ4v) is 2.38. The first-order chi connectivity index (χ1) is 8.97. The van der Waals surface area contributed by atoms with Gasteiger partial charge in [0.05, 0.1) is 5.92 Å². The van der Waals surface area contributed by atoms with E-state index in [1.165, 1.54) is 0 Å². The highest BCUT2D eigenvalue weighted by Crippen LogP contribution is 2.24. The van der Waals surface area contributed by atoms with Crippen molar-refractivity contribution in [1.29, 1.82) is 0 Å². The fraction of sp³-hybridized carbons (Fsp3) is 0.308. The summed E-state index contributed by atoms with van der Waals surface area (Å²) in [5, 5.41) is 8.66. The van der Waals surface area contributed by atoms with Gasteiger partial charge in [-0.05, 0) is 24.1 Å². The van der Waals surface area contributed by atoms with E-state index in [1.807, 2.05) is 24.3 Å². The molecule has 1 aliphatic heterocycles. The van der Waals surface area contributed by atoms with E-state index in [4.69, 9.17) is 5.11 Å². The third-order valence-corrected chi connectivity index (χ3v) is 3.55. The van der Waals surface area contributed by atoms with E-state index in [1.54, 1.807) is 0 Å². The molecule has 0 aliphatic carbocycles. The number of carbonyl (C=O) groups is 3. The first-order valence-electron chi connectivity index (χ1n) is 5.78. The quantitative estimate of drug-likeness (QED) is 0.850. The van der Waals surface area contributed by atoms with Crippen LogP contribution < -0.4 is 0 Å². The molecule has 1 unspecified atom stereocenters. The van der Waals surface area contributed by atoms with E-state index >= 15 is 0 Å². The van der Waals surface area contributed by atoms with Crippen LogP contribution in [0.1, 0.15) is 12.0 Å². The van der Waals surface area contributed by atoms with Gasteiger partial charge in [0, 0.05) is 10.9 Å². The van der Waals surface area contributed by atoms with Crippen LogP contribution in [0.15, 0.2) is 28.7 Å². The third-order valence-electron chi connectivity index (χ3n) is 3.03. The van der Waals surface area contributed by atoms with Crippen LogP contribution in [0.5, 0.6) is 0 Å². The lowest BCUT2D eigenvalue weighted by molar-refractivity contribution is -0.149. The first-order valence-corrected chi connectivity index (χ1v) is 6.57. The lowest BCUT2D eigenvalue weighted by atomic mass is 9.98. The molecule has 0 saturated carbocycles. The standard InChI is InChI=1S/C13H12BrNO4/c14-10-3-1-8(2-4-10)5-9-6-11(16)15(13(9)19)7-12(17)18/h1-4,9H,5-7H2,(H,17,18). The maximum absolute atomic E-state index is 12.0. The summed E-state index contributed by atoms with van der Waals surface area (Å²) in [5.74, 6) is -2.43. The van der Waals surface area contributed by atoms with Gasteiger partial charge in [-0.2, -0.15) is 0 Å². The summed E-state index contributed by atoms with van der Waals surface area (Å²) in [4.78, 5) is 35.0. The second-order valence-electron chi connectivity index (χ2n) is 4.44. The average Bonchev–Trinajstić information content (AvgIpc) is 2.60. The first kappa shape index (κ1) is 13.7. The number of nitrogens with zero attached hydrogens (tertiary/aromatic N) is 1. The number of aliphatic carboxylic acids is 1. The molecule has 1 N–H and O–H groups in total. The molecule has 0 bridgehead atoms. The van der Waals surface area contributed by atoms with Crippen molar-refractivity contribution in [1.82, 2.24) is 4.90 Å². The molecule has 1 atom stereocenters. The summed E-state index contributed by atoms with van der Waals surface area (Å²) in [6, 6.07) is 7.49. The van der Waals surface area contributed by atoms with Crippen molar-refractivity contribution in [2.45, 2.75) is 12.8 Å². The van der Waals surface area contributed by atoms with Gasteiger partial charge in [0.25, 0.3) is 0 Å². The zero-order valence-corrected chi connectivity index (χ0v) is 11.6. The molecule has 100 valence electrons. The Balaban J connectivity index is 2.06. The molecule has 2 amide bonds. The number of rotatable bonds is 4. The van der Waals surface area contributed by atoms with Crippen LogP contribution >= 0.6 is 15.9 Å². The Bertz CT molecular complexity index is 526. The molecule has 0 aromatic heterocycles. The van der Waals surface area contributed by atoms with Crippen molar-refractivity contribution in [3.63, 3.8) is 0 Å². The van der Waals surface area contributed by atoms with Gasteiger partial charge in [-0.15, -0.1) is 0 Å². The number of amides is 2. The zero-order valence-electron chi connectivity index (χ0n) is 10.0. The Morgan fingerprint density at radius 2 is 1.95 bits per heavy atom. The van der Waals surface area contributed by atoms with Gasteiger partial charge in [0.2, 0.25) is 11.8 Å². The van der Waals surface area contributed by atoms with Crippen LogP contribution in [-0.4, -0.2) is 34.3 Å². The summed E-state index contributed by atoms with van der Waals surface area (Å²) in [6.45, 7) is -0.547. The fourth-order valence-electron chi connectivity index (χ4n) is 2.12. The second kappa shape index (κ2) is 5.52. The average molecular weight is 326 g/mol. The molecule has 1 saturated heterocycles. The van der Waals surface area contributed by atoms with Gasteiger partial charge in [-0.1, -0.05) is 28.1 Å². The normalized spacial score (nSPS) is 19.0. The van der Waals surface area contributed by atoms with E-state index in [-0.39, 0.29) is 6.42 Å². The summed E-state index contributed by atoms with van der Waals surface area (Å²) >= 11 is 3.32. The van der Waals surface area contributed by atoms with E-state index in [0.717, 1.165) is 14.9 Å². The van der Waals surface area contributed by atoms with E-state index < -0.39 is 30.2 Å². The van der Waals surface area contributed by atoms with Crippen LogP contribution in [0.2, 0.25) is 0 Å². The lowest BCUT2D eigenvalue weighted by Gasteiger charge is -2.12. The lowest BCUT2D eigenvalue weighted by Crippen LogP contribution is -2.35. The molecule has 1 fully saturated rings. The van der Waals surface area contributed by atoms with Gasteiger partial charge in [-0.25, -0.2) is 0 Å². The van der Waals surface area contributed by atoms with Gasteiger partial charge in [-0.3, -0.25) is 19.3 Å². The minimum absolute atomic E-state index is 0.0855. The molecular weight excluding hydrogens is 314 g/mol. The maximum Gasteiger partial charge on any atom is 0.323 e. The Labute approximate surface area is 118 Å². The van der Waals surface area contributed by atoms with Gasteiger partial charge in [0.1, 0.15) is 6.54 Å². The molecule has 1 heterocycles. The monoisotopic (exact) mass is 325 g/mol. The number of benzene rings is 1. The van der Waals surface area contributed by atoms with Crippen LogP contribution in [0.4, 0.5) is 0 Å². The van der Waals surface area contributed by atoms with Crippen LogP contribution in [-0.2, 0) is 20.8 Å². The largest absolute Gasteiger partial charge is 0.480 e. The molecule has 0 radical (unpaired) electrons. The summed E-state index contributed by atoms with van der Waals surface area (Å²) in [5.41, 5.74) is 0.950. The van der Waals surface area contributed by atoms with Crippen molar-refractivity contribution in [2.75, 3.05) is 6.54 Å². The van der Waals surface area contributed by atoms with Crippen LogP contribution in [0, 0.1) is 5.92 Å². The Kier molecular flexibility index (Phi) is 3.99. The SMILES string of the molecule is O=C(O)CN1C(=O)CC(Cc2ccc(Br)cc2)C1=O. The predicted molar refractivity (Wildman–Crippen MR) is 70.3 cm³/mol. The minimum atomic E-state index is -1.18. The number of carboxylic acid groups (broad SMARTS) is 1. The molecule has 1 aliphatic rings. The van der Waals surface area contributed by atoms with Crippen molar-refractivity contribution < 1.29 is 19.5 Å². The Morgan fingerprint density at radius 3 is 2.53 bits per heavy atom. The van der Waals surface area contributed by atoms with Crippen molar-refractivity contribution >= 4 is 33.7 Å². The van der Waals surface area contributed by atoms with E-state index in [0.29, 0.717) is 6.42 Å². The molecule has 19 heavy (non-hydrogen) atoms. The Hall–Kier alpha value is -1.69. The topological polar surface area (TPSA) is 74.7 Å². The maximum atomic E-state index is 12.0. The minimum Gasteiger partial charge on any atom is -0.480 e. The molecule has 6 heteroatoms. The van der Waals surface area contributed by atoms with Crippen LogP contribution in [0.3, 0.4) is 0 Å². The summed E-state index contributed by atoms with van der Waals surface area (Å²) < 4.78 is 0.942. The van der Waals surface area contributed by atoms with E-state index in [2.05, 4.69) is 15.9 Å². The number of carbonyl (C=O) groups excluding carboxylic acids is 2. The number of imide groups is 1. The number of hydrogen-bond acceptors (Lipinski definition) is 3. The third kappa shape index (κ3) is 3.20. The molecule has 1 aromatic rings. The molecule has 2 rings (SSSR count). The van der Waals surface area contributed by atoms with Gasteiger partial charge >= 0.3 is 5.97 Å². The molecule has 5 nitrogen and oxygen atoms in total. The smallest absolute Gasteiger partial charge is 0.323 e. The molecule has 1 aromatic carbocycles. The number of carboxylic acids is 1. The highest BCUT2D eigenvalue weighted by Gasteiger charge is 2.39. The van der Waals surface area contributed by atoms with Crippen LogP contribution in [0.25, 0.3) is 0 Å².